The maximum absolute atomic E-state index is 12.0. The number of nitrogen functional groups attached to an aromatic ring is 1. The van der Waals surface area contributed by atoms with Crippen LogP contribution in [0.25, 0.3) is 0 Å². The van der Waals surface area contributed by atoms with Crippen molar-refractivity contribution in [2.75, 3.05) is 30.3 Å². The van der Waals surface area contributed by atoms with Crippen molar-refractivity contribution in [2.24, 2.45) is 0 Å². The van der Waals surface area contributed by atoms with Crippen LogP contribution in [0, 0.1) is 0 Å². The van der Waals surface area contributed by atoms with Crippen LogP contribution in [-0.4, -0.2) is 37.7 Å². The van der Waals surface area contributed by atoms with E-state index in [0.717, 1.165) is 18.1 Å². The lowest BCUT2D eigenvalue weighted by molar-refractivity contribution is -0.00500. The average Bonchev–Trinajstić information content (AvgIpc) is 2.77. The second-order valence-corrected chi connectivity index (χ2v) is 6.06. The van der Waals surface area contributed by atoms with E-state index < -0.39 is 0 Å². The molecule has 1 aromatic rings. The normalized spacial score (nSPS) is 22.6. The van der Waals surface area contributed by atoms with Gasteiger partial charge in [0.2, 0.25) is 0 Å². The molecule has 1 fully saturated rings. The molecule has 1 amide bonds. The van der Waals surface area contributed by atoms with Crippen molar-refractivity contribution >= 4 is 27.9 Å². The Morgan fingerprint density at radius 1 is 1.60 bits per heavy atom. The zero-order valence-electron chi connectivity index (χ0n) is 11.9. The van der Waals surface area contributed by atoms with Crippen molar-refractivity contribution in [3.8, 4) is 0 Å². The van der Waals surface area contributed by atoms with Crippen LogP contribution < -0.4 is 16.0 Å². The minimum absolute atomic E-state index is 0.145. The predicted molar refractivity (Wildman–Crippen MR) is 83.5 cm³/mol. The summed E-state index contributed by atoms with van der Waals surface area (Å²) in [5.74, 6) is -0.145. The molecule has 20 heavy (non-hydrogen) atoms. The van der Waals surface area contributed by atoms with Crippen molar-refractivity contribution < 1.29 is 9.53 Å². The van der Waals surface area contributed by atoms with E-state index in [4.69, 9.17) is 10.5 Å². The lowest BCUT2D eigenvalue weighted by atomic mass is 10.2. The number of amides is 1. The number of hydrogen-bond acceptors (Lipinski definition) is 5. The molecule has 1 saturated heterocycles. The standard InChI is InChI=1S/C14H21N3O2S/c1-4-5-16-14(18)13-11(15)6-12(20-13)17-7-9(2)19-10(3)8-17/h4,6,9-10H,1,5,7-8,15H2,2-3H3,(H,16,18). The molecule has 1 aliphatic rings. The highest BCUT2D eigenvalue weighted by atomic mass is 32.1. The maximum atomic E-state index is 12.0. The van der Waals surface area contributed by atoms with Crippen LogP contribution >= 0.6 is 11.3 Å². The topological polar surface area (TPSA) is 67.6 Å². The van der Waals surface area contributed by atoms with Crippen molar-refractivity contribution in [3.63, 3.8) is 0 Å². The minimum Gasteiger partial charge on any atom is -0.397 e. The van der Waals surface area contributed by atoms with E-state index in [9.17, 15) is 4.79 Å². The van der Waals surface area contributed by atoms with Crippen molar-refractivity contribution in [1.29, 1.82) is 0 Å². The molecule has 0 bridgehead atoms. The molecule has 2 heterocycles. The molecule has 0 saturated carbocycles. The van der Waals surface area contributed by atoms with Gasteiger partial charge in [0.15, 0.2) is 0 Å². The minimum atomic E-state index is -0.145. The van der Waals surface area contributed by atoms with E-state index in [1.165, 1.54) is 11.3 Å². The Hall–Kier alpha value is -1.53. The Morgan fingerprint density at radius 2 is 2.25 bits per heavy atom. The Morgan fingerprint density at radius 3 is 2.85 bits per heavy atom. The summed E-state index contributed by atoms with van der Waals surface area (Å²) in [4.78, 5) is 14.8. The lowest BCUT2D eigenvalue weighted by Gasteiger charge is -2.35. The van der Waals surface area contributed by atoms with Gasteiger partial charge >= 0.3 is 0 Å². The number of carbonyl (C=O) groups is 1. The molecule has 2 rings (SSSR count). The molecule has 0 spiro atoms. The first-order chi connectivity index (χ1) is 9.51. The first-order valence-electron chi connectivity index (χ1n) is 6.70. The van der Waals surface area contributed by atoms with Crippen LogP contribution in [-0.2, 0) is 4.74 Å². The number of nitrogens with one attached hydrogen (secondary N) is 1. The van der Waals surface area contributed by atoms with E-state index in [1.807, 2.05) is 6.07 Å². The largest absolute Gasteiger partial charge is 0.397 e. The molecule has 3 N–H and O–H groups in total. The fourth-order valence-corrected chi connectivity index (χ4v) is 3.34. The molecular formula is C14H21N3O2S. The summed E-state index contributed by atoms with van der Waals surface area (Å²) in [6.45, 7) is 9.76. The van der Waals surface area contributed by atoms with Crippen molar-refractivity contribution in [2.45, 2.75) is 26.1 Å². The molecule has 110 valence electrons. The van der Waals surface area contributed by atoms with Gasteiger partial charge in [0.05, 0.1) is 22.9 Å². The van der Waals surface area contributed by atoms with Crippen LogP contribution in [0.5, 0.6) is 0 Å². The summed E-state index contributed by atoms with van der Waals surface area (Å²) < 4.78 is 5.72. The quantitative estimate of drug-likeness (QED) is 0.832. The Labute approximate surface area is 123 Å². The van der Waals surface area contributed by atoms with E-state index in [1.54, 1.807) is 6.08 Å². The third-order valence-corrected chi connectivity index (χ3v) is 4.30. The van der Waals surface area contributed by atoms with Crippen LogP contribution in [0.1, 0.15) is 23.5 Å². The highest BCUT2D eigenvalue weighted by molar-refractivity contribution is 7.18. The van der Waals surface area contributed by atoms with Gasteiger partial charge in [-0.25, -0.2) is 0 Å². The van der Waals surface area contributed by atoms with Crippen LogP contribution in [0.15, 0.2) is 18.7 Å². The van der Waals surface area contributed by atoms with E-state index >= 15 is 0 Å². The summed E-state index contributed by atoms with van der Waals surface area (Å²) in [5, 5.41) is 3.78. The van der Waals surface area contributed by atoms with Crippen LogP contribution in [0.4, 0.5) is 10.7 Å². The Bertz CT molecular complexity index is 491. The fraction of sp³-hybridized carbons (Fsp3) is 0.500. The highest BCUT2D eigenvalue weighted by Crippen LogP contribution is 2.33. The van der Waals surface area contributed by atoms with Gasteiger partial charge in [-0.15, -0.1) is 17.9 Å². The monoisotopic (exact) mass is 295 g/mol. The lowest BCUT2D eigenvalue weighted by Crippen LogP contribution is -2.45. The molecule has 0 radical (unpaired) electrons. The van der Waals surface area contributed by atoms with Crippen LogP contribution in [0.3, 0.4) is 0 Å². The summed E-state index contributed by atoms with van der Waals surface area (Å²) >= 11 is 1.43. The highest BCUT2D eigenvalue weighted by Gasteiger charge is 2.25. The number of ether oxygens (including phenoxy) is 1. The number of thiophene rings is 1. The van der Waals surface area contributed by atoms with Gasteiger partial charge in [0.25, 0.3) is 5.91 Å². The Balaban J connectivity index is 2.14. The molecule has 2 atom stereocenters. The summed E-state index contributed by atoms with van der Waals surface area (Å²) in [6, 6.07) is 1.87. The zero-order valence-corrected chi connectivity index (χ0v) is 12.7. The third-order valence-electron chi connectivity index (χ3n) is 3.09. The van der Waals surface area contributed by atoms with Gasteiger partial charge < -0.3 is 20.7 Å². The molecule has 1 aromatic heterocycles. The molecule has 1 aliphatic heterocycles. The predicted octanol–water partition coefficient (Wildman–Crippen LogP) is 1.86. The number of morpholine rings is 1. The van der Waals surface area contributed by atoms with Gasteiger partial charge in [-0.2, -0.15) is 0 Å². The van der Waals surface area contributed by atoms with Crippen molar-refractivity contribution in [3.05, 3.63) is 23.6 Å². The molecule has 0 aromatic carbocycles. The summed E-state index contributed by atoms with van der Waals surface area (Å²) in [5.41, 5.74) is 6.48. The summed E-state index contributed by atoms with van der Waals surface area (Å²) in [7, 11) is 0. The fourth-order valence-electron chi connectivity index (χ4n) is 2.33. The Kier molecular flexibility index (Phi) is 4.67. The second kappa shape index (κ2) is 6.28. The third kappa shape index (κ3) is 3.32. The van der Waals surface area contributed by atoms with Gasteiger partial charge in [-0.05, 0) is 19.9 Å². The number of anilines is 2. The SMILES string of the molecule is C=CCNC(=O)c1sc(N2CC(C)OC(C)C2)cc1N. The van der Waals surface area contributed by atoms with E-state index in [2.05, 4.69) is 30.6 Å². The smallest absolute Gasteiger partial charge is 0.263 e. The number of carbonyl (C=O) groups excluding carboxylic acids is 1. The second-order valence-electron chi connectivity index (χ2n) is 5.03. The average molecular weight is 295 g/mol. The number of hydrogen-bond donors (Lipinski definition) is 2. The molecule has 0 aliphatic carbocycles. The van der Waals surface area contributed by atoms with Gasteiger partial charge in [0.1, 0.15) is 4.88 Å². The van der Waals surface area contributed by atoms with Gasteiger partial charge in [-0.1, -0.05) is 6.08 Å². The molecular weight excluding hydrogens is 274 g/mol. The number of rotatable bonds is 4. The van der Waals surface area contributed by atoms with Gasteiger partial charge in [0, 0.05) is 19.6 Å². The first kappa shape index (κ1) is 14.9. The molecule has 2 unspecified atom stereocenters. The number of nitrogens with zero attached hydrogens (tertiary/aromatic N) is 1. The first-order valence-corrected chi connectivity index (χ1v) is 7.51. The van der Waals surface area contributed by atoms with E-state index in [0.29, 0.717) is 17.1 Å². The number of nitrogens with two attached hydrogens (primary N) is 1. The van der Waals surface area contributed by atoms with Gasteiger partial charge in [-0.3, -0.25) is 4.79 Å². The summed E-state index contributed by atoms with van der Waals surface area (Å²) in [6.07, 6.45) is 2.01. The van der Waals surface area contributed by atoms with E-state index in [-0.39, 0.29) is 18.1 Å². The maximum Gasteiger partial charge on any atom is 0.263 e. The zero-order chi connectivity index (χ0) is 14.7. The molecule has 5 nitrogen and oxygen atoms in total. The molecule has 6 heteroatoms. The van der Waals surface area contributed by atoms with Crippen molar-refractivity contribution in [1.82, 2.24) is 5.32 Å². The van der Waals surface area contributed by atoms with Crippen LogP contribution in [0.2, 0.25) is 0 Å².